The Labute approximate surface area is 127 Å². The number of halogens is 1. The first kappa shape index (κ1) is 14.0. The summed E-state index contributed by atoms with van der Waals surface area (Å²) >= 11 is 7.44. The maximum absolute atomic E-state index is 12.7. The summed E-state index contributed by atoms with van der Waals surface area (Å²) in [5, 5.41) is 2.30. The smallest absolute Gasteiger partial charge is 0.245 e. The van der Waals surface area contributed by atoms with Crippen molar-refractivity contribution in [2.45, 2.75) is 23.8 Å². The molecular weight excluding hydrogens is 316 g/mol. The topological polar surface area (TPSA) is 50.3 Å². The van der Waals surface area contributed by atoms with Crippen LogP contribution in [0.5, 0.6) is 0 Å². The molecule has 0 unspecified atom stereocenters. The summed E-state index contributed by atoms with van der Waals surface area (Å²) in [6, 6.07) is 5.32. The number of nitrogens with zero attached hydrogens (tertiary/aromatic N) is 2. The van der Waals surface area contributed by atoms with Gasteiger partial charge >= 0.3 is 0 Å². The van der Waals surface area contributed by atoms with Gasteiger partial charge < -0.3 is 0 Å². The van der Waals surface area contributed by atoms with Crippen molar-refractivity contribution in [1.29, 1.82) is 0 Å². The van der Waals surface area contributed by atoms with Crippen LogP contribution >= 0.6 is 22.9 Å². The number of rotatable bonds is 3. The van der Waals surface area contributed by atoms with Gasteiger partial charge in [-0.15, -0.1) is 11.3 Å². The first-order valence-corrected chi connectivity index (χ1v) is 8.94. The van der Waals surface area contributed by atoms with Gasteiger partial charge in [0.15, 0.2) is 0 Å². The van der Waals surface area contributed by atoms with E-state index in [0.717, 1.165) is 17.7 Å². The highest BCUT2D eigenvalue weighted by Gasteiger charge is 2.36. The largest absolute Gasteiger partial charge is 0.262 e. The van der Waals surface area contributed by atoms with E-state index in [1.165, 1.54) is 18.5 Å². The van der Waals surface area contributed by atoms with Crippen LogP contribution in [0.25, 0.3) is 0 Å². The van der Waals surface area contributed by atoms with Gasteiger partial charge in [-0.1, -0.05) is 17.7 Å². The first-order valence-electron chi connectivity index (χ1n) is 6.25. The Morgan fingerprint density at radius 1 is 1.40 bits per heavy atom. The maximum atomic E-state index is 12.7. The number of pyridine rings is 1. The highest BCUT2D eigenvalue weighted by molar-refractivity contribution is 7.89. The summed E-state index contributed by atoms with van der Waals surface area (Å²) in [4.78, 5) is 5.12. The Bertz CT molecular complexity index is 701. The van der Waals surface area contributed by atoms with Gasteiger partial charge in [0.25, 0.3) is 0 Å². The highest BCUT2D eigenvalue weighted by atomic mass is 35.5. The van der Waals surface area contributed by atoms with Crippen molar-refractivity contribution in [3.63, 3.8) is 0 Å². The number of aromatic nitrogens is 1. The minimum atomic E-state index is -3.54. The second kappa shape index (κ2) is 5.44. The van der Waals surface area contributed by atoms with Crippen LogP contribution in [-0.4, -0.2) is 24.3 Å². The molecule has 0 aliphatic carbocycles. The summed E-state index contributed by atoms with van der Waals surface area (Å²) in [5.74, 6) is 0. The summed E-state index contributed by atoms with van der Waals surface area (Å²) in [6.07, 6.45) is 4.51. The molecular formula is C13H13ClN2O2S2. The van der Waals surface area contributed by atoms with Crippen LogP contribution < -0.4 is 0 Å². The summed E-state index contributed by atoms with van der Waals surface area (Å²) in [6.45, 7) is 0.539. The van der Waals surface area contributed by atoms with Crippen LogP contribution in [0.3, 0.4) is 0 Å². The van der Waals surface area contributed by atoms with Gasteiger partial charge in [-0.25, -0.2) is 8.42 Å². The fourth-order valence-corrected chi connectivity index (χ4v) is 5.30. The second-order valence-electron chi connectivity index (χ2n) is 4.63. The van der Waals surface area contributed by atoms with Gasteiger partial charge in [0.2, 0.25) is 10.0 Å². The Morgan fingerprint density at radius 3 is 2.95 bits per heavy atom. The van der Waals surface area contributed by atoms with E-state index in [0.29, 0.717) is 11.6 Å². The van der Waals surface area contributed by atoms with Crippen molar-refractivity contribution >= 4 is 33.0 Å². The van der Waals surface area contributed by atoms with Crippen molar-refractivity contribution < 1.29 is 8.42 Å². The molecule has 4 nitrogen and oxygen atoms in total. The SMILES string of the molecule is O=S(=O)(c1cncc(Cl)c1)N1CCC[C@@H]1c1cccs1. The molecule has 0 spiro atoms. The molecule has 106 valence electrons. The van der Waals surface area contributed by atoms with E-state index in [4.69, 9.17) is 11.6 Å². The molecule has 0 saturated carbocycles. The molecule has 0 N–H and O–H groups in total. The third kappa shape index (κ3) is 2.48. The minimum Gasteiger partial charge on any atom is -0.262 e. The van der Waals surface area contributed by atoms with E-state index in [-0.39, 0.29) is 10.9 Å². The van der Waals surface area contributed by atoms with Crippen LogP contribution in [0.1, 0.15) is 23.8 Å². The molecule has 1 aliphatic rings. The van der Waals surface area contributed by atoms with Gasteiger partial charge in [0, 0.05) is 23.8 Å². The molecule has 1 atom stereocenters. The number of hydrogen-bond donors (Lipinski definition) is 0. The van der Waals surface area contributed by atoms with Crippen molar-refractivity contribution in [2.24, 2.45) is 0 Å². The third-order valence-electron chi connectivity index (χ3n) is 3.36. The molecule has 3 heterocycles. The van der Waals surface area contributed by atoms with E-state index >= 15 is 0 Å². The molecule has 7 heteroatoms. The van der Waals surface area contributed by atoms with E-state index < -0.39 is 10.0 Å². The first-order chi connectivity index (χ1) is 9.59. The van der Waals surface area contributed by atoms with E-state index in [1.54, 1.807) is 15.6 Å². The quantitative estimate of drug-likeness (QED) is 0.868. The molecule has 3 rings (SSSR count). The molecule has 2 aromatic rings. The Kier molecular flexibility index (Phi) is 3.81. The fraction of sp³-hybridized carbons (Fsp3) is 0.308. The lowest BCUT2D eigenvalue weighted by Crippen LogP contribution is -2.30. The van der Waals surface area contributed by atoms with Crippen molar-refractivity contribution in [1.82, 2.24) is 9.29 Å². The summed E-state index contributed by atoms with van der Waals surface area (Å²) in [5.41, 5.74) is 0. The van der Waals surface area contributed by atoms with Crippen molar-refractivity contribution in [2.75, 3.05) is 6.54 Å². The van der Waals surface area contributed by atoms with Crippen LogP contribution in [0, 0.1) is 0 Å². The van der Waals surface area contributed by atoms with Gasteiger partial charge in [0.05, 0.1) is 11.1 Å². The second-order valence-corrected chi connectivity index (χ2v) is 7.93. The fourth-order valence-electron chi connectivity index (χ4n) is 2.46. The monoisotopic (exact) mass is 328 g/mol. The number of thiophene rings is 1. The predicted octanol–water partition coefficient (Wildman–Crippen LogP) is 3.32. The van der Waals surface area contributed by atoms with Gasteiger partial charge in [-0.2, -0.15) is 4.31 Å². The third-order valence-corrected chi connectivity index (χ3v) is 6.42. The standard InChI is InChI=1S/C13H13ClN2O2S2/c14-10-7-11(9-15-8-10)20(17,18)16-5-1-3-12(16)13-4-2-6-19-13/h2,4,6-9,12H,1,3,5H2/t12-/m1/s1. The molecule has 20 heavy (non-hydrogen) atoms. The van der Waals surface area contributed by atoms with Crippen LogP contribution in [0.4, 0.5) is 0 Å². The highest BCUT2D eigenvalue weighted by Crippen LogP contribution is 2.38. The van der Waals surface area contributed by atoms with Crippen LogP contribution in [-0.2, 0) is 10.0 Å². The van der Waals surface area contributed by atoms with Gasteiger partial charge in [-0.3, -0.25) is 4.98 Å². The molecule has 1 aliphatic heterocycles. The van der Waals surface area contributed by atoms with Gasteiger partial charge in [0.1, 0.15) is 4.90 Å². The molecule has 1 saturated heterocycles. The zero-order chi connectivity index (χ0) is 14.2. The lowest BCUT2D eigenvalue weighted by molar-refractivity contribution is 0.401. The Balaban J connectivity index is 1.98. The lowest BCUT2D eigenvalue weighted by Gasteiger charge is -2.23. The Hall–Kier alpha value is -0.950. The molecule has 0 amide bonds. The minimum absolute atomic E-state index is 0.0704. The zero-order valence-electron chi connectivity index (χ0n) is 10.6. The predicted molar refractivity (Wildman–Crippen MR) is 79.4 cm³/mol. The number of hydrogen-bond acceptors (Lipinski definition) is 4. The molecule has 0 aromatic carbocycles. The molecule has 0 bridgehead atoms. The van der Waals surface area contributed by atoms with E-state index in [2.05, 4.69) is 4.98 Å². The molecule has 0 radical (unpaired) electrons. The molecule has 1 fully saturated rings. The Morgan fingerprint density at radius 2 is 2.25 bits per heavy atom. The summed E-state index contributed by atoms with van der Waals surface area (Å²) < 4.78 is 27.0. The average Bonchev–Trinajstić information content (AvgIpc) is 3.09. The van der Waals surface area contributed by atoms with Crippen molar-refractivity contribution in [3.8, 4) is 0 Å². The lowest BCUT2D eigenvalue weighted by atomic mass is 10.2. The van der Waals surface area contributed by atoms with E-state index in [1.807, 2.05) is 17.5 Å². The van der Waals surface area contributed by atoms with Crippen LogP contribution in [0.15, 0.2) is 40.9 Å². The maximum Gasteiger partial charge on any atom is 0.245 e. The van der Waals surface area contributed by atoms with Crippen molar-refractivity contribution in [3.05, 3.63) is 45.9 Å². The van der Waals surface area contributed by atoms with Crippen LogP contribution in [0.2, 0.25) is 5.02 Å². The summed E-state index contributed by atoms with van der Waals surface area (Å²) in [7, 11) is -3.54. The van der Waals surface area contributed by atoms with E-state index in [9.17, 15) is 8.42 Å². The molecule has 2 aromatic heterocycles. The number of sulfonamides is 1. The normalized spacial score (nSPS) is 20.4. The average molecular weight is 329 g/mol. The van der Waals surface area contributed by atoms with Gasteiger partial charge in [-0.05, 0) is 30.4 Å². The zero-order valence-corrected chi connectivity index (χ0v) is 13.0.